The van der Waals surface area contributed by atoms with Crippen LogP contribution >= 0.6 is 0 Å². The number of aliphatic carboxylic acids is 1. The van der Waals surface area contributed by atoms with Crippen LogP contribution in [0.5, 0.6) is 5.75 Å². The van der Waals surface area contributed by atoms with Crippen LogP contribution in [0.3, 0.4) is 0 Å². The Kier molecular flexibility index (Phi) is 6.34. The minimum Gasteiger partial charge on any atom is -0.482 e. The lowest BCUT2D eigenvalue weighted by atomic mass is 9.96. The van der Waals surface area contributed by atoms with Gasteiger partial charge in [0.15, 0.2) is 6.61 Å². The van der Waals surface area contributed by atoms with E-state index in [0.717, 1.165) is 16.7 Å². The third-order valence-electron chi connectivity index (χ3n) is 3.49. The van der Waals surface area contributed by atoms with Crippen molar-refractivity contribution in [3.8, 4) is 5.75 Å². The first-order valence-electron chi connectivity index (χ1n) is 7.90. The standard InChI is InChI=1S/C20H20O5/c1-3-24-20(23)13-25-18-10-9-16(11-14(18)2)17(12-19(21)22)15-7-5-4-6-8-15/h4-12H,3,13H2,1-2H3,(H,21,22)/b17-12+. The second kappa shape index (κ2) is 8.68. The largest absolute Gasteiger partial charge is 0.482 e. The van der Waals surface area contributed by atoms with Gasteiger partial charge >= 0.3 is 11.9 Å². The van der Waals surface area contributed by atoms with Gasteiger partial charge in [0.1, 0.15) is 5.75 Å². The first-order valence-corrected chi connectivity index (χ1v) is 7.90. The molecule has 0 radical (unpaired) electrons. The predicted molar refractivity (Wildman–Crippen MR) is 94.5 cm³/mol. The molecular formula is C20H20O5. The van der Waals surface area contributed by atoms with E-state index >= 15 is 0 Å². The van der Waals surface area contributed by atoms with Crippen LogP contribution in [0, 0.1) is 6.92 Å². The average Bonchev–Trinajstić information content (AvgIpc) is 2.59. The van der Waals surface area contributed by atoms with Crippen molar-refractivity contribution in [1.29, 1.82) is 0 Å². The van der Waals surface area contributed by atoms with Gasteiger partial charge in [-0.2, -0.15) is 0 Å². The Morgan fingerprint density at radius 1 is 1.08 bits per heavy atom. The number of esters is 1. The van der Waals surface area contributed by atoms with Gasteiger partial charge in [-0.15, -0.1) is 0 Å². The average molecular weight is 340 g/mol. The lowest BCUT2D eigenvalue weighted by Gasteiger charge is -2.12. The van der Waals surface area contributed by atoms with Crippen LogP contribution in [0.2, 0.25) is 0 Å². The third kappa shape index (κ3) is 5.21. The zero-order chi connectivity index (χ0) is 18.2. The second-order valence-corrected chi connectivity index (χ2v) is 5.34. The minimum absolute atomic E-state index is 0.162. The predicted octanol–water partition coefficient (Wildman–Crippen LogP) is 3.45. The number of benzene rings is 2. The van der Waals surface area contributed by atoms with Crippen molar-refractivity contribution in [2.75, 3.05) is 13.2 Å². The number of rotatable bonds is 7. The van der Waals surface area contributed by atoms with Gasteiger partial charge in [0.05, 0.1) is 6.61 Å². The number of carboxylic acid groups (broad SMARTS) is 1. The SMILES string of the molecule is CCOC(=O)COc1ccc(/C(=C/C(=O)O)c2ccccc2)cc1C. The molecular weight excluding hydrogens is 320 g/mol. The number of aryl methyl sites for hydroxylation is 1. The highest BCUT2D eigenvalue weighted by Crippen LogP contribution is 2.28. The lowest BCUT2D eigenvalue weighted by Crippen LogP contribution is -2.15. The molecule has 2 rings (SSSR count). The van der Waals surface area contributed by atoms with Crippen molar-refractivity contribution < 1.29 is 24.2 Å². The van der Waals surface area contributed by atoms with Crippen LogP contribution in [0.4, 0.5) is 0 Å². The number of carbonyl (C=O) groups is 2. The van der Waals surface area contributed by atoms with Crippen LogP contribution in [-0.2, 0) is 14.3 Å². The van der Waals surface area contributed by atoms with Gasteiger partial charge in [-0.25, -0.2) is 9.59 Å². The van der Waals surface area contributed by atoms with Gasteiger partial charge < -0.3 is 14.6 Å². The van der Waals surface area contributed by atoms with Gasteiger partial charge in [-0.3, -0.25) is 0 Å². The number of carbonyl (C=O) groups excluding carboxylic acids is 1. The number of ether oxygens (including phenoxy) is 2. The molecule has 2 aromatic rings. The molecule has 2 aromatic carbocycles. The molecule has 0 amide bonds. The highest BCUT2D eigenvalue weighted by Gasteiger charge is 2.11. The summed E-state index contributed by atoms with van der Waals surface area (Å²) in [7, 11) is 0. The van der Waals surface area contributed by atoms with Gasteiger partial charge in [0.2, 0.25) is 0 Å². The van der Waals surface area contributed by atoms with Crippen molar-refractivity contribution in [3.05, 3.63) is 71.3 Å². The molecule has 0 spiro atoms. The Labute approximate surface area is 146 Å². The Balaban J connectivity index is 2.27. The maximum atomic E-state index is 11.4. The third-order valence-corrected chi connectivity index (χ3v) is 3.49. The molecule has 0 unspecified atom stereocenters. The molecule has 5 nitrogen and oxygen atoms in total. The molecule has 0 aliphatic carbocycles. The Morgan fingerprint density at radius 2 is 1.80 bits per heavy atom. The van der Waals surface area contributed by atoms with E-state index in [1.54, 1.807) is 19.1 Å². The molecule has 25 heavy (non-hydrogen) atoms. The van der Waals surface area contributed by atoms with Crippen molar-refractivity contribution in [2.45, 2.75) is 13.8 Å². The maximum absolute atomic E-state index is 11.4. The van der Waals surface area contributed by atoms with Gasteiger partial charge in [-0.05, 0) is 48.2 Å². The van der Waals surface area contributed by atoms with Gasteiger partial charge in [-0.1, -0.05) is 36.4 Å². The van der Waals surface area contributed by atoms with Crippen molar-refractivity contribution in [1.82, 2.24) is 0 Å². The van der Waals surface area contributed by atoms with Crippen LogP contribution in [0.15, 0.2) is 54.6 Å². The molecule has 0 fully saturated rings. The van der Waals surface area contributed by atoms with Gasteiger partial charge in [0, 0.05) is 6.08 Å². The monoisotopic (exact) mass is 340 g/mol. The number of hydrogen-bond acceptors (Lipinski definition) is 4. The fraction of sp³-hybridized carbons (Fsp3) is 0.200. The van der Waals surface area contributed by atoms with Crippen LogP contribution < -0.4 is 4.74 Å². The fourth-order valence-electron chi connectivity index (χ4n) is 2.39. The molecule has 0 aromatic heterocycles. The smallest absolute Gasteiger partial charge is 0.344 e. The Hall–Kier alpha value is -3.08. The second-order valence-electron chi connectivity index (χ2n) is 5.34. The lowest BCUT2D eigenvalue weighted by molar-refractivity contribution is -0.145. The molecule has 5 heteroatoms. The van der Waals surface area contributed by atoms with E-state index < -0.39 is 11.9 Å². The highest BCUT2D eigenvalue weighted by atomic mass is 16.6. The summed E-state index contributed by atoms with van der Waals surface area (Å²) in [4.78, 5) is 22.6. The van der Waals surface area contributed by atoms with Crippen LogP contribution in [0.25, 0.3) is 5.57 Å². The van der Waals surface area contributed by atoms with Gasteiger partial charge in [0.25, 0.3) is 0 Å². The van der Waals surface area contributed by atoms with Crippen LogP contribution in [0.1, 0.15) is 23.6 Å². The van der Waals surface area contributed by atoms with E-state index in [9.17, 15) is 14.7 Å². The molecule has 0 heterocycles. The van der Waals surface area contributed by atoms with E-state index in [1.165, 1.54) is 6.08 Å². The summed E-state index contributed by atoms with van der Waals surface area (Å²) in [6.07, 6.45) is 1.18. The summed E-state index contributed by atoms with van der Waals surface area (Å²) >= 11 is 0. The summed E-state index contributed by atoms with van der Waals surface area (Å²) in [5, 5.41) is 9.17. The van der Waals surface area contributed by atoms with E-state index in [4.69, 9.17) is 9.47 Å². The first-order chi connectivity index (χ1) is 12.0. The Morgan fingerprint density at radius 3 is 2.40 bits per heavy atom. The number of hydrogen-bond donors (Lipinski definition) is 1. The zero-order valence-electron chi connectivity index (χ0n) is 14.2. The minimum atomic E-state index is -1.01. The number of carboxylic acids is 1. The van der Waals surface area contributed by atoms with Crippen molar-refractivity contribution in [3.63, 3.8) is 0 Å². The molecule has 0 saturated heterocycles. The molecule has 130 valence electrons. The summed E-state index contributed by atoms with van der Waals surface area (Å²) in [6, 6.07) is 14.6. The summed E-state index contributed by atoms with van der Waals surface area (Å²) in [5.74, 6) is -0.889. The van der Waals surface area contributed by atoms with Crippen molar-refractivity contribution in [2.24, 2.45) is 0 Å². The zero-order valence-corrected chi connectivity index (χ0v) is 14.2. The molecule has 0 atom stereocenters. The highest BCUT2D eigenvalue weighted by molar-refractivity contribution is 5.95. The summed E-state index contributed by atoms with van der Waals surface area (Å²) in [6.45, 7) is 3.72. The quantitative estimate of drug-likeness (QED) is 0.617. The molecule has 0 bridgehead atoms. The molecule has 1 N–H and O–H groups in total. The van der Waals surface area contributed by atoms with Crippen molar-refractivity contribution >= 4 is 17.5 Å². The van der Waals surface area contributed by atoms with E-state index in [0.29, 0.717) is 17.9 Å². The van der Waals surface area contributed by atoms with Crippen LogP contribution in [-0.4, -0.2) is 30.3 Å². The maximum Gasteiger partial charge on any atom is 0.344 e. The summed E-state index contributed by atoms with van der Waals surface area (Å²) in [5.41, 5.74) is 2.97. The molecule has 0 aliphatic heterocycles. The van der Waals surface area contributed by atoms with E-state index in [1.807, 2.05) is 43.3 Å². The topological polar surface area (TPSA) is 72.8 Å². The summed E-state index contributed by atoms with van der Waals surface area (Å²) < 4.78 is 10.3. The fourth-order valence-corrected chi connectivity index (χ4v) is 2.39. The Bertz CT molecular complexity index is 778. The van der Waals surface area contributed by atoms with E-state index in [-0.39, 0.29) is 6.61 Å². The molecule has 0 aliphatic rings. The first kappa shape index (κ1) is 18.3. The molecule has 0 saturated carbocycles. The van der Waals surface area contributed by atoms with E-state index in [2.05, 4.69) is 0 Å². The normalized spacial score (nSPS) is 11.0.